The van der Waals surface area contributed by atoms with E-state index < -0.39 is 17.8 Å². The van der Waals surface area contributed by atoms with Crippen molar-refractivity contribution in [2.45, 2.75) is 96.2 Å². The third-order valence-corrected chi connectivity index (χ3v) is 4.91. The molecule has 11 heteroatoms. The van der Waals surface area contributed by atoms with E-state index in [1.54, 1.807) is 6.92 Å². The largest absolute Gasteiger partial charge is 0.393 e. The molecule has 0 aliphatic heterocycles. The SMILES string of the molecule is C=C.C=O.C=O.CCC(O)CCOCC(O)CC.CCC(O)COCC(O)COCCC(O)(CC)CO. The number of aliphatic hydroxyl groups excluding tert-OH is 5. The molecule has 0 aromatic heterocycles. The number of hydrogen-bond acceptors (Lipinski definition) is 11. The number of ether oxygens (including phenoxy) is 3. The Morgan fingerprint density at radius 2 is 1.03 bits per heavy atom. The molecule has 0 bridgehead atoms. The maximum absolute atomic E-state index is 9.78. The fraction of sp³-hybridized carbons (Fsp3) is 0.846. The summed E-state index contributed by atoms with van der Waals surface area (Å²) in [7, 11) is 0. The Kier molecular flexibility index (Phi) is 45.5. The molecule has 6 N–H and O–H groups in total. The maximum atomic E-state index is 9.78. The van der Waals surface area contributed by atoms with Gasteiger partial charge in [0.2, 0.25) is 0 Å². The van der Waals surface area contributed by atoms with Crippen LogP contribution < -0.4 is 0 Å². The van der Waals surface area contributed by atoms with E-state index in [0.29, 0.717) is 38.9 Å². The van der Waals surface area contributed by atoms with Gasteiger partial charge in [0.1, 0.15) is 19.7 Å². The van der Waals surface area contributed by atoms with Gasteiger partial charge < -0.3 is 54.4 Å². The monoisotopic (exact) mass is 544 g/mol. The summed E-state index contributed by atoms with van der Waals surface area (Å²) in [4.78, 5) is 16.0. The minimum atomic E-state index is -1.10. The Hall–Kier alpha value is -1.28. The molecule has 226 valence electrons. The van der Waals surface area contributed by atoms with Crippen LogP contribution in [0.4, 0.5) is 0 Å². The van der Waals surface area contributed by atoms with Crippen molar-refractivity contribution < 1.29 is 54.4 Å². The molecule has 0 radical (unpaired) electrons. The third-order valence-electron chi connectivity index (χ3n) is 4.91. The average Bonchev–Trinajstić information content (AvgIpc) is 2.96. The number of rotatable bonds is 19. The maximum Gasteiger partial charge on any atom is 0.106 e. The smallest absolute Gasteiger partial charge is 0.106 e. The molecule has 5 unspecified atom stereocenters. The molecule has 0 saturated heterocycles. The second kappa shape index (κ2) is 36.9. The van der Waals surface area contributed by atoms with Crippen molar-refractivity contribution in [3.63, 3.8) is 0 Å². The summed E-state index contributed by atoms with van der Waals surface area (Å²) in [6.07, 6.45) is 1.65. The topological polar surface area (TPSA) is 183 Å². The van der Waals surface area contributed by atoms with Crippen molar-refractivity contribution in [3.05, 3.63) is 13.2 Å². The first-order valence-corrected chi connectivity index (χ1v) is 12.5. The Morgan fingerprint density at radius 1 is 0.649 bits per heavy atom. The Bertz CT molecular complexity index is 395. The standard InChI is InChI=1S/C13H28O6.C9H20O3.C2H4.2CH2O/c1-3-11(15)7-19-9-12(16)8-18-6-5-13(17,4-2)10-14;1-3-8(10)5-6-12-7-9(11)4-2;3*1-2/h11-12,14-17H,3-10H2,1-2H3;8-11H,3-7H2,1-2H3;1-2H2;2*1H2. The number of hydrogen-bond donors (Lipinski definition) is 6. The summed E-state index contributed by atoms with van der Waals surface area (Å²) in [6.45, 7) is 18.8. The lowest BCUT2D eigenvalue weighted by molar-refractivity contribution is -0.0987. The van der Waals surface area contributed by atoms with Gasteiger partial charge in [-0.2, -0.15) is 0 Å². The molecule has 0 spiro atoms. The molecule has 37 heavy (non-hydrogen) atoms. The zero-order chi connectivity index (χ0) is 30.1. The number of aliphatic hydroxyl groups is 6. The average molecular weight is 545 g/mol. The second-order valence-corrected chi connectivity index (χ2v) is 7.80. The van der Waals surface area contributed by atoms with Gasteiger partial charge in [-0.15, -0.1) is 13.2 Å². The molecular formula is C26H56O11. The predicted molar refractivity (Wildman–Crippen MR) is 144 cm³/mol. The molecule has 11 nitrogen and oxygen atoms in total. The van der Waals surface area contributed by atoms with Gasteiger partial charge in [-0.3, -0.25) is 0 Å². The van der Waals surface area contributed by atoms with Crippen LogP contribution in [0.15, 0.2) is 13.2 Å². The normalized spacial score (nSPS) is 14.8. The second-order valence-electron chi connectivity index (χ2n) is 7.80. The van der Waals surface area contributed by atoms with E-state index in [1.165, 1.54) is 0 Å². The van der Waals surface area contributed by atoms with Gasteiger partial charge in [-0.05, 0) is 32.1 Å². The van der Waals surface area contributed by atoms with Gasteiger partial charge in [-0.25, -0.2) is 0 Å². The fourth-order valence-electron chi connectivity index (χ4n) is 2.12. The third kappa shape index (κ3) is 36.9. The lowest BCUT2D eigenvalue weighted by Crippen LogP contribution is -2.34. The summed E-state index contributed by atoms with van der Waals surface area (Å²) in [5.41, 5.74) is -1.10. The molecule has 0 heterocycles. The van der Waals surface area contributed by atoms with Crippen LogP contribution in [0.25, 0.3) is 0 Å². The van der Waals surface area contributed by atoms with Crippen LogP contribution in [0.5, 0.6) is 0 Å². The highest BCUT2D eigenvalue weighted by Gasteiger charge is 2.23. The first kappa shape index (κ1) is 45.6. The summed E-state index contributed by atoms with van der Waals surface area (Å²) in [5.74, 6) is 0. The van der Waals surface area contributed by atoms with Gasteiger partial charge in [0, 0.05) is 19.6 Å². The van der Waals surface area contributed by atoms with Gasteiger partial charge in [0.25, 0.3) is 0 Å². The summed E-state index contributed by atoms with van der Waals surface area (Å²) >= 11 is 0. The summed E-state index contributed by atoms with van der Waals surface area (Å²) in [5, 5.41) is 55.8. The molecule has 0 aliphatic rings. The van der Waals surface area contributed by atoms with Crippen molar-refractivity contribution in [1.82, 2.24) is 0 Å². The zero-order valence-corrected chi connectivity index (χ0v) is 23.6. The molecule has 0 amide bonds. The Balaban J connectivity index is -0.000000163. The first-order chi connectivity index (χ1) is 17.7. The van der Waals surface area contributed by atoms with E-state index in [-0.39, 0.29) is 45.2 Å². The highest BCUT2D eigenvalue weighted by Crippen LogP contribution is 2.13. The van der Waals surface area contributed by atoms with Crippen molar-refractivity contribution in [2.75, 3.05) is 46.2 Å². The summed E-state index contributed by atoms with van der Waals surface area (Å²) in [6, 6.07) is 0. The Morgan fingerprint density at radius 3 is 1.43 bits per heavy atom. The van der Waals surface area contributed by atoms with Crippen LogP contribution in [-0.2, 0) is 23.8 Å². The van der Waals surface area contributed by atoms with E-state index in [2.05, 4.69) is 13.2 Å². The van der Waals surface area contributed by atoms with Crippen LogP contribution in [0.2, 0.25) is 0 Å². The first-order valence-electron chi connectivity index (χ1n) is 12.5. The zero-order valence-electron chi connectivity index (χ0n) is 23.6. The minimum Gasteiger partial charge on any atom is -0.393 e. The minimum absolute atomic E-state index is 0.105. The van der Waals surface area contributed by atoms with Crippen molar-refractivity contribution >= 4 is 13.6 Å². The lowest BCUT2D eigenvalue weighted by atomic mass is 9.98. The number of carbonyl (C=O) groups excluding carboxylic acids is 2. The predicted octanol–water partition coefficient (Wildman–Crippen LogP) is 1.04. The molecule has 0 rings (SSSR count). The number of carbonyl (C=O) groups is 2. The van der Waals surface area contributed by atoms with Crippen molar-refractivity contribution in [1.29, 1.82) is 0 Å². The van der Waals surface area contributed by atoms with Crippen molar-refractivity contribution in [2.24, 2.45) is 0 Å². The van der Waals surface area contributed by atoms with Crippen LogP contribution in [0, 0.1) is 0 Å². The van der Waals surface area contributed by atoms with E-state index in [1.807, 2.05) is 34.3 Å². The van der Waals surface area contributed by atoms with Crippen molar-refractivity contribution in [3.8, 4) is 0 Å². The van der Waals surface area contributed by atoms with E-state index >= 15 is 0 Å². The van der Waals surface area contributed by atoms with Gasteiger partial charge >= 0.3 is 0 Å². The lowest BCUT2D eigenvalue weighted by Gasteiger charge is -2.24. The summed E-state index contributed by atoms with van der Waals surface area (Å²) < 4.78 is 15.5. The highest BCUT2D eigenvalue weighted by atomic mass is 16.5. The van der Waals surface area contributed by atoms with Gasteiger partial charge in [-0.1, -0.05) is 27.7 Å². The van der Waals surface area contributed by atoms with E-state index in [0.717, 1.165) is 12.8 Å². The molecule has 0 aromatic carbocycles. The van der Waals surface area contributed by atoms with E-state index in [9.17, 15) is 15.3 Å². The molecule has 0 saturated carbocycles. The van der Waals surface area contributed by atoms with Crippen LogP contribution in [0.3, 0.4) is 0 Å². The fourth-order valence-corrected chi connectivity index (χ4v) is 2.12. The highest BCUT2D eigenvalue weighted by molar-refractivity contribution is 5.11. The molecule has 0 aromatic rings. The van der Waals surface area contributed by atoms with Crippen LogP contribution in [-0.4, -0.2) is 120 Å². The quantitative estimate of drug-likeness (QED) is 0.101. The van der Waals surface area contributed by atoms with Crippen LogP contribution in [0.1, 0.15) is 66.2 Å². The van der Waals surface area contributed by atoms with Gasteiger partial charge in [0.15, 0.2) is 0 Å². The Labute approximate surface area is 224 Å². The van der Waals surface area contributed by atoms with E-state index in [4.69, 9.17) is 39.1 Å². The molecule has 0 aliphatic carbocycles. The van der Waals surface area contributed by atoms with Crippen LogP contribution >= 0.6 is 0 Å². The molecular weight excluding hydrogens is 488 g/mol. The van der Waals surface area contributed by atoms with Gasteiger partial charge in [0.05, 0.1) is 56.9 Å². The molecule has 5 atom stereocenters. The molecule has 0 fully saturated rings.